The standard InChI is InChI=1S/C32H45N7O7/c1-45-31(43)25-14-15-28(40)33-16-8-9-17-39-20-24(37-38-39)19-27(36-32(44)46-21-23-12-6-3-7-13-23)30(42)35-26(29(41)34-25)18-22-10-4-2-5-11-22/h3,6-7,12-13,20,22,25-27H,2,4-5,8-11,14-19,21H2,1H3,(H,33,40)(H,34,41)(H,35,42)(H,36,44)/t25-,26-,27-/m0/s1. The Morgan fingerprint density at radius 1 is 0.978 bits per heavy atom. The van der Waals surface area contributed by atoms with Gasteiger partial charge < -0.3 is 30.7 Å². The Bertz CT molecular complexity index is 1310. The smallest absolute Gasteiger partial charge is 0.408 e. The van der Waals surface area contributed by atoms with Gasteiger partial charge in [0.1, 0.15) is 24.7 Å². The number of nitrogens with zero attached hydrogens (tertiary/aromatic N) is 3. The maximum atomic E-state index is 13.8. The molecule has 1 aromatic heterocycles. The van der Waals surface area contributed by atoms with Gasteiger partial charge in [-0.2, -0.15) is 0 Å². The number of hydrogen-bond donors (Lipinski definition) is 4. The third-order valence-electron chi connectivity index (χ3n) is 8.35. The minimum Gasteiger partial charge on any atom is -0.467 e. The molecular weight excluding hydrogens is 594 g/mol. The summed E-state index contributed by atoms with van der Waals surface area (Å²) >= 11 is 0. The van der Waals surface area contributed by atoms with E-state index in [-0.39, 0.29) is 37.7 Å². The summed E-state index contributed by atoms with van der Waals surface area (Å²) in [5.74, 6) is -1.91. The van der Waals surface area contributed by atoms with Crippen molar-refractivity contribution in [2.75, 3.05) is 13.7 Å². The molecule has 2 aliphatic rings. The van der Waals surface area contributed by atoms with Crippen molar-refractivity contribution in [1.82, 2.24) is 36.3 Å². The molecular formula is C32H45N7O7. The van der Waals surface area contributed by atoms with Crippen LogP contribution in [0.4, 0.5) is 4.79 Å². The SMILES string of the molecule is COC(=O)[C@@H]1CCC(=O)NCCCCn2cc(nn2)C[C@H](NC(=O)OCc2ccccc2)C(=O)N[C@@H](CC2CCCCC2)C(=O)N1. The molecule has 1 aliphatic carbocycles. The average molecular weight is 640 g/mol. The van der Waals surface area contributed by atoms with Crippen molar-refractivity contribution >= 4 is 29.8 Å². The number of methoxy groups -OCH3 is 1. The maximum absolute atomic E-state index is 13.8. The van der Waals surface area contributed by atoms with E-state index in [0.717, 1.165) is 37.7 Å². The zero-order valence-electron chi connectivity index (χ0n) is 26.4. The third-order valence-corrected chi connectivity index (χ3v) is 8.35. The molecule has 4 amide bonds. The summed E-state index contributed by atoms with van der Waals surface area (Å²) in [6.45, 7) is 0.989. The van der Waals surface area contributed by atoms with Crippen molar-refractivity contribution in [2.24, 2.45) is 5.92 Å². The molecule has 14 nitrogen and oxygen atoms in total. The Morgan fingerprint density at radius 3 is 2.52 bits per heavy atom. The van der Waals surface area contributed by atoms with Crippen LogP contribution in [0.3, 0.4) is 0 Å². The molecule has 4 rings (SSSR count). The minimum atomic E-state index is -1.13. The highest BCUT2D eigenvalue weighted by Gasteiger charge is 2.33. The molecule has 1 aliphatic heterocycles. The largest absolute Gasteiger partial charge is 0.467 e. The molecule has 2 aromatic rings. The van der Waals surface area contributed by atoms with E-state index in [1.807, 2.05) is 30.3 Å². The minimum absolute atomic E-state index is 0.00320. The summed E-state index contributed by atoms with van der Waals surface area (Å²) in [5, 5.41) is 19.4. The number of carbonyl (C=O) groups excluding carboxylic acids is 5. The van der Waals surface area contributed by atoms with E-state index in [0.29, 0.717) is 38.0 Å². The number of esters is 1. The molecule has 0 spiro atoms. The molecule has 1 aromatic carbocycles. The number of hydrogen-bond acceptors (Lipinski definition) is 9. The molecule has 0 saturated heterocycles. The van der Waals surface area contributed by atoms with E-state index < -0.39 is 42.0 Å². The van der Waals surface area contributed by atoms with Crippen molar-refractivity contribution in [1.29, 1.82) is 0 Å². The summed E-state index contributed by atoms with van der Waals surface area (Å²) in [6, 6.07) is 5.95. The number of carbonyl (C=O) groups is 5. The number of benzene rings is 1. The lowest BCUT2D eigenvalue weighted by molar-refractivity contribution is -0.145. The van der Waals surface area contributed by atoms with Gasteiger partial charge in [0.05, 0.1) is 12.8 Å². The fourth-order valence-corrected chi connectivity index (χ4v) is 5.78. The molecule has 0 radical (unpaired) electrons. The predicted molar refractivity (Wildman–Crippen MR) is 166 cm³/mol. The topological polar surface area (TPSA) is 183 Å². The van der Waals surface area contributed by atoms with Gasteiger partial charge in [-0.1, -0.05) is 67.6 Å². The lowest BCUT2D eigenvalue weighted by Gasteiger charge is -2.29. The summed E-state index contributed by atoms with van der Waals surface area (Å²) in [7, 11) is 1.22. The lowest BCUT2D eigenvalue weighted by atomic mass is 9.84. The van der Waals surface area contributed by atoms with Crippen molar-refractivity contribution < 1.29 is 33.4 Å². The van der Waals surface area contributed by atoms with Gasteiger partial charge in [-0.15, -0.1) is 5.10 Å². The number of aromatic nitrogens is 3. The van der Waals surface area contributed by atoms with E-state index in [9.17, 15) is 24.0 Å². The van der Waals surface area contributed by atoms with Crippen LogP contribution in [-0.2, 0) is 48.2 Å². The van der Waals surface area contributed by atoms with E-state index >= 15 is 0 Å². The van der Waals surface area contributed by atoms with Crippen LogP contribution in [0.15, 0.2) is 36.5 Å². The monoisotopic (exact) mass is 639 g/mol. The summed E-state index contributed by atoms with van der Waals surface area (Å²) in [6.07, 6.45) is 7.69. The van der Waals surface area contributed by atoms with E-state index in [1.54, 1.807) is 10.9 Å². The van der Waals surface area contributed by atoms with Crippen molar-refractivity contribution in [3.05, 3.63) is 47.8 Å². The van der Waals surface area contributed by atoms with Crippen LogP contribution in [0, 0.1) is 5.92 Å². The predicted octanol–water partition coefficient (Wildman–Crippen LogP) is 1.92. The second-order valence-corrected chi connectivity index (χ2v) is 11.9. The Hall–Kier alpha value is -4.49. The molecule has 3 atom stereocenters. The van der Waals surface area contributed by atoms with E-state index in [4.69, 9.17) is 9.47 Å². The fraction of sp³-hybridized carbons (Fsp3) is 0.594. The lowest BCUT2D eigenvalue weighted by Crippen LogP contribution is -2.57. The molecule has 14 heteroatoms. The summed E-state index contributed by atoms with van der Waals surface area (Å²) in [4.78, 5) is 65.5. The Labute approximate surface area is 268 Å². The number of aryl methyl sites for hydroxylation is 1. The molecule has 2 heterocycles. The first kappa shape index (κ1) is 34.4. The Kier molecular flexibility index (Phi) is 13.3. The quantitative estimate of drug-likeness (QED) is 0.343. The molecule has 0 unspecified atom stereocenters. The van der Waals surface area contributed by atoms with Crippen LogP contribution in [0.25, 0.3) is 0 Å². The van der Waals surface area contributed by atoms with Gasteiger partial charge in [0.2, 0.25) is 17.7 Å². The number of nitrogens with one attached hydrogen (secondary N) is 4. The summed E-state index contributed by atoms with van der Waals surface area (Å²) in [5.41, 5.74) is 1.25. The highest BCUT2D eigenvalue weighted by Crippen LogP contribution is 2.27. The average Bonchev–Trinajstić information content (AvgIpc) is 3.52. The number of ether oxygens (including phenoxy) is 2. The Morgan fingerprint density at radius 2 is 1.76 bits per heavy atom. The molecule has 4 N–H and O–H groups in total. The second-order valence-electron chi connectivity index (χ2n) is 11.9. The van der Waals surface area contributed by atoms with Gasteiger partial charge in [0.25, 0.3) is 0 Å². The van der Waals surface area contributed by atoms with Crippen LogP contribution in [0.5, 0.6) is 0 Å². The van der Waals surface area contributed by atoms with Crippen LogP contribution in [0.1, 0.15) is 75.5 Å². The first-order valence-corrected chi connectivity index (χ1v) is 16.1. The maximum Gasteiger partial charge on any atom is 0.408 e. The summed E-state index contributed by atoms with van der Waals surface area (Å²) < 4.78 is 11.9. The zero-order valence-corrected chi connectivity index (χ0v) is 26.4. The molecule has 2 bridgehead atoms. The van der Waals surface area contributed by atoms with Gasteiger partial charge >= 0.3 is 12.1 Å². The molecule has 46 heavy (non-hydrogen) atoms. The number of alkyl carbamates (subject to hydrolysis) is 1. The van der Waals surface area contributed by atoms with Crippen LogP contribution < -0.4 is 21.3 Å². The van der Waals surface area contributed by atoms with E-state index in [1.165, 1.54) is 7.11 Å². The van der Waals surface area contributed by atoms with Crippen LogP contribution in [0.2, 0.25) is 0 Å². The number of rotatable bonds is 6. The first-order chi connectivity index (χ1) is 22.3. The van der Waals surface area contributed by atoms with Crippen LogP contribution in [-0.4, -0.2) is 76.6 Å². The van der Waals surface area contributed by atoms with Gasteiger partial charge in [-0.25, -0.2) is 9.59 Å². The van der Waals surface area contributed by atoms with Crippen molar-refractivity contribution in [2.45, 2.75) is 102 Å². The fourth-order valence-electron chi connectivity index (χ4n) is 5.78. The third kappa shape index (κ3) is 11.1. The van der Waals surface area contributed by atoms with Crippen LogP contribution >= 0.6 is 0 Å². The second kappa shape index (κ2) is 17.9. The number of fused-ring (bicyclic) bond motifs is 2. The van der Waals surface area contributed by atoms with Crippen molar-refractivity contribution in [3.63, 3.8) is 0 Å². The first-order valence-electron chi connectivity index (χ1n) is 16.1. The normalized spacial score (nSPS) is 22.5. The van der Waals surface area contributed by atoms with Gasteiger partial charge in [-0.3, -0.25) is 19.1 Å². The zero-order chi connectivity index (χ0) is 32.7. The highest BCUT2D eigenvalue weighted by atomic mass is 16.5. The van der Waals surface area contributed by atoms with Gasteiger partial charge in [-0.05, 0) is 37.2 Å². The molecule has 1 saturated carbocycles. The van der Waals surface area contributed by atoms with Gasteiger partial charge in [0.15, 0.2) is 0 Å². The van der Waals surface area contributed by atoms with Gasteiger partial charge in [0, 0.05) is 32.1 Å². The number of amides is 4. The Balaban J connectivity index is 1.56. The van der Waals surface area contributed by atoms with E-state index in [2.05, 4.69) is 31.6 Å². The molecule has 1 fully saturated rings. The van der Waals surface area contributed by atoms with Crippen molar-refractivity contribution in [3.8, 4) is 0 Å². The molecule has 250 valence electrons. The highest BCUT2D eigenvalue weighted by molar-refractivity contribution is 5.93.